The lowest BCUT2D eigenvalue weighted by Crippen LogP contribution is -2.42. The standard InChI is InChI=1S/C19H30N2O2/c1-14(2)21(15(3)4)13-12-20-19(23)11-10-18(22)17-8-6-16(5)7-9-17/h6-9,14-15H,10-13H2,1-5H3,(H,20,23). The smallest absolute Gasteiger partial charge is 0.220 e. The Morgan fingerprint density at radius 3 is 2.09 bits per heavy atom. The second kappa shape index (κ2) is 9.46. The molecule has 0 aliphatic heterocycles. The van der Waals surface area contributed by atoms with Gasteiger partial charge in [-0.15, -0.1) is 0 Å². The number of hydrogen-bond donors (Lipinski definition) is 1. The Bertz CT molecular complexity index is 499. The van der Waals surface area contributed by atoms with E-state index in [9.17, 15) is 9.59 Å². The summed E-state index contributed by atoms with van der Waals surface area (Å²) in [5.74, 6) is -0.0379. The molecule has 1 aromatic carbocycles. The van der Waals surface area contributed by atoms with Gasteiger partial charge in [0.05, 0.1) is 0 Å². The van der Waals surface area contributed by atoms with Crippen molar-refractivity contribution >= 4 is 11.7 Å². The fraction of sp³-hybridized carbons (Fsp3) is 0.579. The fourth-order valence-electron chi connectivity index (χ4n) is 2.64. The fourth-order valence-corrected chi connectivity index (χ4v) is 2.64. The molecule has 4 heteroatoms. The number of amides is 1. The van der Waals surface area contributed by atoms with E-state index in [1.165, 1.54) is 0 Å². The highest BCUT2D eigenvalue weighted by Gasteiger charge is 2.13. The largest absolute Gasteiger partial charge is 0.355 e. The van der Waals surface area contributed by atoms with Gasteiger partial charge >= 0.3 is 0 Å². The Labute approximate surface area is 140 Å². The molecule has 0 aliphatic rings. The summed E-state index contributed by atoms with van der Waals surface area (Å²) < 4.78 is 0. The maximum atomic E-state index is 12.0. The molecule has 128 valence electrons. The number of benzene rings is 1. The van der Waals surface area contributed by atoms with Crippen molar-refractivity contribution in [3.8, 4) is 0 Å². The van der Waals surface area contributed by atoms with Crippen LogP contribution in [0.4, 0.5) is 0 Å². The first-order chi connectivity index (χ1) is 10.8. The van der Waals surface area contributed by atoms with Gasteiger partial charge in [-0.3, -0.25) is 14.5 Å². The highest BCUT2D eigenvalue weighted by Crippen LogP contribution is 2.08. The van der Waals surface area contributed by atoms with Crippen LogP contribution in [0.1, 0.15) is 56.5 Å². The summed E-state index contributed by atoms with van der Waals surface area (Å²) in [4.78, 5) is 26.2. The van der Waals surface area contributed by atoms with E-state index >= 15 is 0 Å². The molecule has 4 nitrogen and oxygen atoms in total. The number of rotatable bonds is 9. The van der Waals surface area contributed by atoms with Crippen molar-refractivity contribution in [2.75, 3.05) is 13.1 Å². The van der Waals surface area contributed by atoms with E-state index in [2.05, 4.69) is 37.9 Å². The van der Waals surface area contributed by atoms with E-state index in [4.69, 9.17) is 0 Å². The minimum absolute atomic E-state index is 0.0196. The third kappa shape index (κ3) is 6.95. The SMILES string of the molecule is Cc1ccc(C(=O)CCC(=O)NCCN(C(C)C)C(C)C)cc1. The van der Waals surface area contributed by atoms with Gasteiger partial charge in [-0.1, -0.05) is 29.8 Å². The number of ketones is 1. The van der Waals surface area contributed by atoms with Gasteiger partial charge in [-0.25, -0.2) is 0 Å². The topological polar surface area (TPSA) is 49.4 Å². The summed E-state index contributed by atoms with van der Waals surface area (Å²) in [7, 11) is 0. The van der Waals surface area contributed by atoms with Crippen molar-refractivity contribution < 1.29 is 9.59 Å². The summed E-state index contributed by atoms with van der Waals surface area (Å²) in [6.07, 6.45) is 0.503. The molecule has 1 amide bonds. The first-order valence-electron chi connectivity index (χ1n) is 8.43. The van der Waals surface area contributed by atoms with Crippen LogP contribution in [-0.2, 0) is 4.79 Å². The van der Waals surface area contributed by atoms with Crippen molar-refractivity contribution in [1.29, 1.82) is 0 Å². The van der Waals surface area contributed by atoms with E-state index in [0.29, 0.717) is 24.2 Å². The van der Waals surface area contributed by atoms with Gasteiger partial charge in [0.15, 0.2) is 5.78 Å². The van der Waals surface area contributed by atoms with E-state index in [1.807, 2.05) is 31.2 Å². The Morgan fingerprint density at radius 1 is 1.00 bits per heavy atom. The van der Waals surface area contributed by atoms with Crippen LogP contribution in [0.25, 0.3) is 0 Å². The summed E-state index contributed by atoms with van der Waals surface area (Å²) >= 11 is 0. The molecule has 0 bridgehead atoms. The maximum absolute atomic E-state index is 12.0. The number of hydrogen-bond acceptors (Lipinski definition) is 3. The highest BCUT2D eigenvalue weighted by atomic mass is 16.2. The first kappa shape index (κ1) is 19.4. The predicted molar refractivity (Wildman–Crippen MR) is 94.7 cm³/mol. The van der Waals surface area contributed by atoms with E-state index in [-0.39, 0.29) is 24.5 Å². The van der Waals surface area contributed by atoms with Crippen LogP contribution in [0.5, 0.6) is 0 Å². The average Bonchev–Trinajstić information content (AvgIpc) is 2.49. The van der Waals surface area contributed by atoms with Crippen LogP contribution in [0.15, 0.2) is 24.3 Å². The Morgan fingerprint density at radius 2 is 1.57 bits per heavy atom. The molecule has 1 aromatic rings. The highest BCUT2D eigenvalue weighted by molar-refractivity contribution is 5.97. The van der Waals surface area contributed by atoms with Crippen molar-refractivity contribution in [1.82, 2.24) is 10.2 Å². The normalized spacial score (nSPS) is 11.3. The summed E-state index contributed by atoms with van der Waals surface area (Å²) in [6.45, 7) is 12.1. The molecule has 0 fully saturated rings. The molecule has 23 heavy (non-hydrogen) atoms. The first-order valence-corrected chi connectivity index (χ1v) is 8.43. The molecule has 0 atom stereocenters. The zero-order chi connectivity index (χ0) is 17.4. The average molecular weight is 318 g/mol. The zero-order valence-corrected chi connectivity index (χ0v) is 15.1. The van der Waals surface area contributed by atoms with Gasteiger partial charge < -0.3 is 5.32 Å². The third-order valence-electron chi connectivity index (χ3n) is 3.97. The molecule has 0 saturated carbocycles. The summed E-state index contributed by atoms with van der Waals surface area (Å²) in [6, 6.07) is 8.38. The molecule has 1 N–H and O–H groups in total. The number of Topliss-reactive ketones (excluding diaryl/α,β-unsaturated/α-hetero) is 1. The molecule has 0 unspecified atom stereocenters. The number of carbonyl (C=O) groups excluding carboxylic acids is 2. The molecule has 1 rings (SSSR count). The Balaban J connectivity index is 2.31. The van der Waals surface area contributed by atoms with Crippen LogP contribution in [0.2, 0.25) is 0 Å². The lowest BCUT2D eigenvalue weighted by molar-refractivity contribution is -0.121. The molecular formula is C19H30N2O2. The van der Waals surface area contributed by atoms with E-state index in [1.54, 1.807) is 0 Å². The minimum atomic E-state index is -0.0575. The van der Waals surface area contributed by atoms with Gasteiger partial charge in [0, 0.05) is 43.6 Å². The second-order valence-electron chi connectivity index (χ2n) is 6.56. The lowest BCUT2D eigenvalue weighted by Gasteiger charge is -2.30. The van der Waals surface area contributed by atoms with Crippen LogP contribution < -0.4 is 5.32 Å². The van der Waals surface area contributed by atoms with Crippen molar-refractivity contribution in [2.45, 2.75) is 59.5 Å². The lowest BCUT2D eigenvalue weighted by atomic mass is 10.1. The monoisotopic (exact) mass is 318 g/mol. The van der Waals surface area contributed by atoms with Crippen LogP contribution in [0, 0.1) is 6.92 Å². The number of nitrogens with zero attached hydrogens (tertiary/aromatic N) is 1. The summed E-state index contributed by atoms with van der Waals surface area (Å²) in [5, 5.41) is 2.91. The zero-order valence-electron chi connectivity index (χ0n) is 15.1. The van der Waals surface area contributed by atoms with Crippen LogP contribution >= 0.6 is 0 Å². The summed E-state index contributed by atoms with van der Waals surface area (Å²) in [5.41, 5.74) is 1.80. The quantitative estimate of drug-likeness (QED) is 0.711. The van der Waals surface area contributed by atoms with Gasteiger partial charge in [0.25, 0.3) is 0 Å². The maximum Gasteiger partial charge on any atom is 0.220 e. The molecule has 0 spiro atoms. The van der Waals surface area contributed by atoms with Gasteiger partial charge in [-0.2, -0.15) is 0 Å². The number of nitrogens with one attached hydrogen (secondary N) is 1. The number of carbonyl (C=O) groups is 2. The van der Waals surface area contributed by atoms with Crippen molar-refractivity contribution in [3.63, 3.8) is 0 Å². The molecule has 0 aromatic heterocycles. The van der Waals surface area contributed by atoms with Crippen LogP contribution in [-0.4, -0.2) is 41.8 Å². The molecule has 0 aliphatic carbocycles. The Kier molecular flexibility index (Phi) is 7.96. The van der Waals surface area contributed by atoms with E-state index < -0.39 is 0 Å². The molecule has 0 heterocycles. The molecular weight excluding hydrogens is 288 g/mol. The van der Waals surface area contributed by atoms with Gasteiger partial charge in [0.1, 0.15) is 0 Å². The van der Waals surface area contributed by atoms with Gasteiger partial charge in [0.2, 0.25) is 5.91 Å². The van der Waals surface area contributed by atoms with Gasteiger partial charge in [-0.05, 0) is 34.6 Å². The molecule has 0 radical (unpaired) electrons. The van der Waals surface area contributed by atoms with Crippen molar-refractivity contribution in [2.24, 2.45) is 0 Å². The Hall–Kier alpha value is -1.68. The third-order valence-corrected chi connectivity index (χ3v) is 3.97. The minimum Gasteiger partial charge on any atom is -0.355 e. The van der Waals surface area contributed by atoms with Crippen molar-refractivity contribution in [3.05, 3.63) is 35.4 Å². The molecule has 0 saturated heterocycles. The second-order valence-corrected chi connectivity index (χ2v) is 6.56. The van der Waals surface area contributed by atoms with E-state index in [0.717, 1.165) is 12.1 Å². The predicted octanol–water partition coefficient (Wildman–Crippen LogP) is 3.19. The number of aryl methyl sites for hydroxylation is 1. The van der Waals surface area contributed by atoms with Crippen LogP contribution in [0.3, 0.4) is 0 Å².